The van der Waals surface area contributed by atoms with Crippen molar-refractivity contribution in [2.45, 2.75) is 59.5 Å². The monoisotopic (exact) mass is 374 g/mol. The minimum atomic E-state index is -0.531. The minimum Gasteiger partial charge on any atom is -0.481 e. The van der Waals surface area contributed by atoms with E-state index in [4.69, 9.17) is 4.74 Å². The number of hydrogen-bond acceptors (Lipinski definition) is 3. The van der Waals surface area contributed by atoms with Crippen molar-refractivity contribution in [3.8, 4) is 5.75 Å². The summed E-state index contributed by atoms with van der Waals surface area (Å²) in [4.78, 5) is 28.9. The molecule has 1 unspecified atom stereocenters. The van der Waals surface area contributed by atoms with E-state index in [1.54, 1.807) is 6.92 Å². The molecule has 0 N–H and O–H groups in total. The van der Waals surface area contributed by atoms with Gasteiger partial charge in [0, 0.05) is 32.1 Å². The molecule has 2 amide bonds. The van der Waals surface area contributed by atoms with E-state index in [0.717, 1.165) is 12.8 Å². The van der Waals surface area contributed by atoms with Gasteiger partial charge in [0.1, 0.15) is 5.75 Å². The molecule has 1 aromatic rings. The predicted molar refractivity (Wildman–Crippen MR) is 108 cm³/mol. The molecule has 1 heterocycles. The van der Waals surface area contributed by atoms with Crippen molar-refractivity contribution in [2.75, 3.05) is 26.2 Å². The number of carbonyl (C=O) groups excluding carboxylic acids is 2. The third-order valence-corrected chi connectivity index (χ3v) is 5.45. The molecule has 1 fully saturated rings. The summed E-state index contributed by atoms with van der Waals surface area (Å²) in [6.07, 6.45) is 1.21. The third-order valence-electron chi connectivity index (χ3n) is 5.45. The van der Waals surface area contributed by atoms with Crippen molar-refractivity contribution in [2.24, 2.45) is 5.92 Å². The molecule has 0 aliphatic carbocycles. The van der Waals surface area contributed by atoms with Crippen molar-refractivity contribution in [3.05, 3.63) is 29.8 Å². The summed E-state index contributed by atoms with van der Waals surface area (Å²) in [7, 11) is 0. The number of hydrogen-bond donors (Lipinski definition) is 0. The zero-order chi connectivity index (χ0) is 20.0. The molecule has 5 heteroatoms. The van der Waals surface area contributed by atoms with Crippen LogP contribution in [0.3, 0.4) is 0 Å². The van der Waals surface area contributed by atoms with Crippen LogP contribution in [-0.2, 0) is 9.59 Å². The van der Waals surface area contributed by atoms with Gasteiger partial charge in [-0.3, -0.25) is 9.59 Å². The van der Waals surface area contributed by atoms with Crippen LogP contribution in [0.15, 0.2) is 24.3 Å². The minimum absolute atomic E-state index is 0.0161. The van der Waals surface area contributed by atoms with E-state index < -0.39 is 6.10 Å². The van der Waals surface area contributed by atoms with E-state index in [2.05, 4.69) is 27.7 Å². The van der Waals surface area contributed by atoms with Crippen molar-refractivity contribution in [1.29, 1.82) is 0 Å². The Labute approximate surface area is 163 Å². The molecule has 0 radical (unpaired) electrons. The molecule has 2 rings (SSSR count). The van der Waals surface area contributed by atoms with Crippen molar-refractivity contribution < 1.29 is 14.3 Å². The first-order chi connectivity index (χ1) is 12.9. The van der Waals surface area contributed by atoms with Crippen LogP contribution in [0, 0.1) is 5.92 Å². The smallest absolute Gasteiger partial charge is 0.263 e. The van der Waals surface area contributed by atoms with Crippen LogP contribution in [0.25, 0.3) is 0 Å². The average Bonchev–Trinajstić information content (AvgIpc) is 2.68. The Bertz CT molecular complexity index is 615. The normalized spacial score (nSPS) is 16.0. The second-order valence-electron chi connectivity index (χ2n) is 7.65. The summed E-state index contributed by atoms with van der Waals surface area (Å²) in [6.45, 7) is 12.6. The maximum Gasteiger partial charge on any atom is 0.263 e. The molecular formula is C22H34N2O3. The van der Waals surface area contributed by atoms with Crippen molar-refractivity contribution >= 4 is 11.8 Å². The van der Waals surface area contributed by atoms with E-state index in [1.807, 2.05) is 34.1 Å². The molecule has 0 saturated carbocycles. The fraction of sp³-hybridized carbons (Fsp3) is 0.636. The van der Waals surface area contributed by atoms with Gasteiger partial charge in [0.2, 0.25) is 5.91 Å². The second-order valence-corrected chi connectivity index (χ2v) is 7.65. The van der Waals surface area contributed by atoms with Gasteiger partial charge in [0.05, 0.1) is 0 Å². The quantitative estimate of drug-likeness (QED) is 0.731. The number of amides is 2. The van der Waals surface area contributed by atoms with Gasteiger partial charge >= 0.3 is 0 Å². The Balaban J connectivity index is 1.86. The fourth-order valence-electron chi connectivity index (χ4n) is 3.49. The highest BCUT2D eigenvalue weighted by molar-refractivity contribution is 5.82. The lowest BCUT2D eigenvalue weighted by Gasteiger charge is -2.37. The van der Waals surface area contributed by atoms with Gasteiger partial charge in [-0.1, -0.05) is 39.8 Å². The lowest BCUT2D eigenvalue weighted by atomic mass is 10.0. The highest BCUT2D eigenvalue weighted by atomic mass is 16.5. The van der Waals surface area contributed by atoms with Crippen LogP contribution in [0.2, 0.25) is 0 Å². The van der Waals surface area contributed by atoms with Gasteiger partial charge in [-0.05, 0) is 43.4 Å². The zero-order valence-corrected chi connectivity index (χ0v) is 17.4. The topological polar surface area (TPSA) is 49.9 Å². The Hall–Kier alpha value is -2.04. The molecule has 0 bridgehead atoms. The molecule has 0 aromatic heterocycles. The van der Waals surface area contributed by atoms with E-state index in [0.29, 0.717) is 37.8 Å². The summed E-state index contributed by atoms with van der Waals surface area (Å²) >= 11 is 0. The van der Waals surface area contributed by atoms with Gasteiger partial charge in [-0.15, -0.1) is 0 Å². The van der Waals surface area contributed by atoms with Gasteiger partial charge < -0.3 is 14.5 Å². The second kappa shape index (κ2) is 9.77. The highest BCUT2D eigenvalue weighted by Crippen LogP contribution is 2.20. The summed E-state index contributed by atoms with van der Waals surface area (Å²) in [5, 5.41) is 0. The maximum absolute atomic E-state index is 12.7. The number of piperazine rings is 1. The van der Waals surface area contributed by atoms with E-state index in [1.165, 1.54) is 5.56 Å². The fourth-order valence-corrected chi connectivity index (χ4v) is 3.49. The number of nitrogens with zero attached hydrogens (tertiary/aromatic N) is 2. The van der Waals surface area contributed by atoms with Crippen LogP contribution >= 0.6 is 0 Å². The maximum atomic E-state index is 12.7. The summed E-state index contributed by atoms with van der Waals surface area (Å²) in [6, 6.07) is 7.93. The lowest BCUT2D eigenvalue weighted by molar-refractivity contribution is -0.145. The zero-order valence-electron chi connectivity index (χ0n) is 17.4. The van der Waals surface area contributed by atoms with Crippen LogP contribution in [0.4, 0.5) is 0 Å². The highest BCUT2D eigenvalue weighted by Gasteiger charge is 2.29. The van der Waals surface area contributed by atoms with E-state index >= 15 is 0 Å². The number of ether oxygens (including phenoxy) is 1. The van der Waals surface area contributed by atoms with Crippen molar-refractivity contribution in [3.63, 3.8) is 0 Å². The molecule has 27 heavy (non-hydrogen) atoms. The first-order valence-electron chi connectivity index (χ1n) is 10.2. The molecule has 1 aliphatic rings. The van der Waals surface area contributed by atoms with Crippen molar-refractivity contribution in [1.82, 2.24) is 9.80 Å². The summed E-state index contributed by atoms with van der Waals surface area (Å²) in [5.74, 6) is 1.49. The molecule has 1 atom stereocenters. The average molecular weight is 375 g/mol. The van der Waals surface area contributed by atoms with E-state index in [-0.39, 0.29) is 17.7 Å². The first kappa shape index (κ1) is 21.3. The molecule has 5 nitrogen and oxygen atoms in total. The summed E-state index contributed by atoms with van der Waals surface area (Å²) < 4.78 is 5.84. The van der Waals surface area contributed by atoms with Gasteiger partial charge in [0.25, 0.3) is 5.91 Å². The van der Waals surface area contributed by atoms with Gasteiger partial charge in [-0.25, -0.2) is 0 Å². The van der Waals surface area contributed by atoms with E-state index in [9.17, 15) is 9.59 Å². The third kappa shape index (κ3) is 5.47. The predicted octanol–water partition coefficient (Wildman–Crippen LogP) is 3.68. The molecule has 150 valence electrons. The number of benzene rings is 1. The largest absolute Gasteiger partial charge is 0.481 e. The Kier molecular flexibility index (Phi) is 7.69. The first-order valence-corrected chi connectivity index (χ1v) is 10.2. The van der Waals surface area contributed by atoms with Crippen LogP contribution in [-0.4, -0.2) is 53.9 Å². The van der Waals surface area contributed by atoms with Gasteiger partial charge in [0.15, 0.2) is 6.10 Å². The molecule has 0 spiro atoms. The van der Waals surface area contributed by atoms with Crippen LogP contribution < -0.4 is 4.74 Å². The molecule has 1 saturated heterocycles. The number of rotatable bonds is 7. The van der Waals surface area contributed by atoms with Crippen LogP contribution in [0.5, 0.6) is 5.75 Å². The number of carbonyl (C=O) groups is 2. The molecule has 1 aromatic carbocycles. The van der Waals surface area contributed by atoms with Crippen LogP contribution in [0.1, 0.15) is 58.9 Å². The Morgan fingerprint density at radius 2 is 1.37 bits per heavy atom. The summed E-state index contributed by atoms with van der Waals surface area (Å²) in [5.41, 5.74) is 1.25. The van der Waals surface area contributed by atoms with Gasteiger partial charge in [-0.2, -0.15) is 0 Å². The SMILES string of the molecule is CCC(CC)C(=O)N1CCN(C(=O)C(C)Oc2ccc(C(C)C)cc2)CC1. The Morgan fingerprint density at radius 1 is 0.889 bits per heavy atom. The molecule has 1 aliphatic heterocycles. The molecular weight excluding hydrogens is 340 g/mol. The standard InChI is InChI=1S/C22H34N2O3/c1-6-18(7-2)22(26)24-14-12-23(13-15-24)21(25)17(5)27-20-10-8-19(9-11-20)16(3)4/h8-11,16-18H,6-7,12-15H2,1-5H3. The lowest BCUT2D eigenvalue weighted by Crippen LogP contribution is -2.54. The Morgan fingerprint density at radius 3 is 1.81 bits per heavy atom.